The van der Waals surface area contributed by atoms with E-state index in [1.807, 2.05) is 146 Å². The van der Waals surface area contributed by atoms with Gasteiger partial charge in [-0.05, 0) is 78.7 Å². The summed E-state index contributed by atoms with van der Waals surface area (Å²) in [5.74, 6) is 0.877. The first-order valence-electron chi connectivity index (χ1n) is 16.9. The first-order chi connectivity index (χ1) is 25.7. The van der Waals surface area contributed by atoms with E-state index in [9.17, 15) is 14.4 Å². The molecule has 0 unspecified atom stereocenters. The lowest BCUT2D eigenvalue weighted by Gasteiger charge is -2.13. The predicted octanol–water partition coefficient (Wildman–Crippen LogP) is 6.77. The van der Waals surface area contributed by atoms with Crippen LogP contribution in [0.3, 0.4) is 0 Å². The minimum atomic E-state index is -0.213. The summed E-state index contributed by atoms with van der Waals surface area (Å²) in [6, 6.07) is 41.3. The highest BCUT2D eigenvalue weighted by Gasteiger charge is 2.12. The number of aromatic nitrogens is 2. The van der Waals surface area contributed by atoms with Crippen molar-refractivity contribution in [1.29, 1.82) is 0 Å². The van der Waals surface area contributed by atoms with Crippen LogP contribution in [0.15, 0.2) is 148 Å². The number of hydrogen-bond donors (Lipinski definition) is 2. The van der Waals surface area contributed by atoms with E-state index in [4.69, 9.17) is 4.74 Å². The van der Waals surface area contributed by atoms with E-state index in [-0.39, 0.29) is 30.2 Å². The molecule has 53 heavy (non-hydrogen) atoms. The Morgan fingerprint density at radius 1 is 0.811 bits per heavy atom. The Morgan fingerprint density at radius 2 is 1.45 bits per heavy atom. The van der Waals surface area contributed by atoms with Crippen LogP contribution < -0.4 is 25.9 Å². The molecular formula is C42H41N7O4. The minimum absolute atomic E-state index is 0.112. The molecule has 0 spiro atoms. The summed E-state index contributed by atoms with van der Waals surface area (Å²) in [6.45, 7) is 1.71. The summed E-state index contributed by atoms with van der Waals surface area (Å²) < 4.78 is 6.52. The molecule has 11 heteroatoms. The van der Waals surface area contributed by atoms with E-state index in [1.54, 1.807) is 26.3 Å². The second kappa shape index (κ2) is 18.4. The third kappa shape index (κ3) is 10.8. The molecule has 11 nitrogen and oxygen atoms in total. The molecule has 0 aliphatic heterocycles. The van der Waals surface area contributed by atoms with Crippen LogP contribution >= 0.6 is 0 Å². The van der Waals surface area contributed by atoms with E-state index in [0.29, 0.717) is 22.4 Å². The zero-order valence-corrected chi connectivity index (χ0v) is 30.1. The summed E-state index contributed by atoms with van der Waals surface area (Å²) in [6.07, 6.45) is 2.01. The van der Waals surface area contributed by atoms with Gasteiger partial charge in [0.05, 0.1) is 37.1 Å². The molecule has 268 valence electrons. The van der Waals surface area contributed by atoms with Gasteiger partial charge in [-0.3, -0.25) is 14.4 Å². The van der Waals surface area contributed by atoms with Crippen LogP contribution in [0.4, 0.5) is 11.4 Å². The third-order valence-corrected chi connectivity index (χ3v) is 7.89. The second-order valence-corrected chi connectivity index (χ2v) is 12.2. The van der Waals surface area contributed by atoms with Crippen molar-refractivity contribution in [2.75, 3.05) is 31.4 Å². The molecule has 2 N–H and O–H groups in total. The lowest BCUT2D eigenvalue weighted by molar-refractivity contribution is -0.120. The molecule has 1 aromatic heterocycles. The Balaban J connectivity index is 0.000000205. The van der Waals surface area contributed by atoms with E-state index < -0.39 is 0 Å². The van der Waals surface area contributed by atoms with E-state index in [0.717, 1.165) is 33.8 Å². The lowest BCUT2D eigenvalue weighted by Crippen LogP contribution is -2.22. The quantitative estimate of drug-likeness (QED) is 0.113. The third-order valence-electron chi connectivity index (χ3n) is 7.89. The highest BCUT2D eigenvalue weighted by atomic mass is 16.5. The first-order valence-corrected chi connectivity index (χ1v) is 16.9. The van der Waals surface area contributed by atoms with E-state index in [2.05, 4.69) is 25.9 Å². The molecule has 0 aliphatic rings. The normalized spacial score (nSPS) is 11.1. The lowest BCUT2D eigenvalue weighted by atomic mass is 10.1. The Bertz CT molecular complexity index is 2250. The van der Waals surface area contributed by atoms with Gasteiger partial charge in [-0.15, -0.1) is 0 Å². The molecule has 0 atom stereocenters. The molecule has 0 saturated heterocycles. The van der Waals surface area contributed by atoms with Crippen molar-refractivity contribution in [2.45, 2.75) is 19.8 Å². The smallest absolute Gasteiger partial charge is 0.282 e. The molecule has 6 aromatic rings. The molecular weight excluding hydrogens is 667 g/mol. The van der Waals surface area contributed by atoms with Gasteiger partial charge in [0.25, 0.3) is 5.56 Å². The number of fused-ring (bicyclic) bond motifs is 1. The molecule has 6 rings (SSSR count). The number of ether oxygens (including phenoxy) is 1. The van der Waals surface area contributed by atoms with Crippen molar-refractivity contribution in [2.24, 2.45) is 10.2 Å². The average molecular weight is 708 g/mol. The zero-order valence-electron chi connectivity index (χ0n) is 30.1. The number of nitrogens with one attached hydrogen (secondary N) is 2. The fourth-order valence-electron chi connectivity index (χ4n) is 5.12. The van der Waals surface area contributed by atoms with Gasteiger partial charge in [0.2, 0.25) is 11.8 Å². The van der Waals surface area contributed by atoms with Gasteiger partial charge in [-0.2, -0.15) is 14.9 Å². The number of para-hydroxylation sites is 1. The number of hydrazone groups is 1. The highest BCUT2D eigenvalue weighted by molar-refractivity contribution is 6.05. The maximum absolute atomic E-state index is 13.0. The summed E-state index contributed by atoms with van der Waals surface area (Å²) in [7, 11) is 5.54. The van der Waals surface area contributed by atoms with Crippen LogP contribution in [0.25, 0.3) is 22.3 Å². The van der Waals surface area contributed by atoms with Gasteiger partial charge >= 0.3 is 0 Å². The van der Waals surface area contributed by atoms with Crippen molar-refractivity contribution in [3.63, 3.8) is 0 Å². The number of carbonyl (C=O) groups excluding carboxylic acids is 2. The van der Waals surface area contributed by atoms with E-state index >= 15 is 0 Å². The molecule has 0 aliphatic carbocycles. The summed E-state index contributed by atoms with van der Waals surface area (Å²) in [5, 5.41) is 11.8. The highest BCUT2D eigenvalue weighted by Crippen LogP contribution is 2.19. The van der Waals surface area contributed by atoms with Gasteiger partial charge in [0, 0.05) is 36.7 Å². The topological polar surface area (TPSA) is 130 Å². The molecule has 0 bridgehead atoms. The van der Waals surface area contributed by atoms with Gasteiger partial charge in [0.15, 0.2) is 5.82 Å². The molecule has 2 amide bonds. The van der Waals surface area contributed by atoms with Gasteiger partial charge in [-0.25, -0.2) is 10.4 Å². The number of hydrogen-bond acceptors (Lipinski definition) is 8. The van der Waals surface area contributed by atoms with Crippen molar-refractivity contribution in [3.8, 4) is 17.1 Å². The second-order valence-electron chi connectivity index (χ2n) is 12.2. The number of rotatable bonds is 11. The molecule has 5 aromatic carbocycles. The fraction of sp³-hybridized carbons (Fsp3) is 0.143. The summed E-state index contributed by atoms with van der Waals surface area (Å²) in [4.78, 5) is 43.6. The summed E-state index contributed by atoms with van der Waals surface area (Å²) >= 11 is 0. The minimum Gasteiger partial charge on any atom is -0.497 e. The molecule has 1 heterocycles. The van der Waals surface area contributed by atoms with Crippen molar-refractivity contribution in [1.82, 2.24) is 15.1 Å². The zero-order chi connectivity index (χ0) is 37.6. The van der Waals surface area contributed by atoms with Crippen molar-refractivity contribution < 1.29 is 14.3 Å². The molecule has 0 saturated carbocycles. The maximum atomic E-state index is 13.0. The average Bonchev–Trinajstić information content (AvgIpc) is 3.18. The fourth-order valence-corrected chi connectivity index (χ4v) is 5.12. The van der Waals surface area contributed by atoms with Gasteiger partial charge in [-0.1, -0.05) is 72.8 Å². The number of nitrogens with zero attached hydrogens (tertiary/aromatic N) is 5. The number of benzene rings is 5. The number of methoxy groups -OCH3 is 1. The van der Waals surface area contributed by atoms with Gasteiger partial charge in [0.1, 0.15) is 5.75 Å². The number of anilines is 2. The predicted molar refractivity (Wildman–Crippen MR) is 213 cm³/mol. The molecule has 0 radical (unpaired) electrons. The SMILES string of the molecule is C/C(CC(=O)Nc1ccc(N(C)C)cc1)=N\NC(=O)Cc1ccccc1.COc1ccc(/C=N/n2c(-c3ccccc3)nc3ccccc3c2=O)cc1. The van der Waals surface area contributed by atoms with Crippen molar-refractivity contribution >= 4 is 46.0 Å². The van der Waals surface area contributed by atoms with Crippen LogP contribution in [-0.2, 0) is 16.0 Å². The molecule has 0 fully saturated rings. The van der Waals surface area contributed by atoms with Crippen molar-refractivity contribution in [3.05, 3.63) is 155 Å². The number of carbonyl (C=O) groups is 2. The standard InChI is InChI=1S/C22H17N3O2.C20H24N4O2/c1-27-18-13-11-16(12-14-18)15-23-25-21(17-7-3-2-4-8-17)24-20-10-6-5-9-19(20)22(25)26;1-15(22-23-20(26)14-16-7-5-4-6-8-16)13-19(25)21-17-9-11-18(12-10-17)24(2)3/h2-15H,1H3;4-12H,13-14H2,1-3H3,(H,21,25)(H,23,26)/b23-15+;22-15+. The van der Waals surface area contributed by atoms with Crippen LogP contribution in [-0.4, -0.2) is 54.6 Å². The summed E-state index contributed by atoms with van der Waals surface area (Å²) in [5.41, 5.74) is 7.84. The monoisotopic (exact) mass is 707 g/mol. The Hall–Kier alpha value is -6.88. The Kier molecular flexibility index (Phi) is 13.0. The maximum Gasteiger partial charge on any atom is 0.282 e. The van der Waals surface area contributed by atoms with Crippen LogP contribution in [0, 0.1) is 0 Å². The van der Waals surface area contributed by atoms with Crippen LogP contribution in [0.5, 0.6) is 5.75 Å². The largest absolute Gasteiger partial charge is 0.497 e. The van der Waals surface area contributed by atoms with E-state index in [1.165, 1.54) is 4.68 Å². The van der Waals surface area contributed by atoms with Crippen LogP contribution in [0.1, 0.15) is 24.5 Å². The van der Waals surface area contributed by atoms with Crippen LogP contribution in [0.2, 0.25) is 0 Å². The number of amides is 2. The Labute approximate surface area is 308 Å². The Morgan fingerprint density at radius 3 is 2.11 bits per heavy atom. The first kappa shape index (κ1) is 37.4. The van der Waals surface area contributed by atoms with Gasteiger partial charge < -0.3 is 15.0 Å².